The molecule has 0 atom stereocenters. The number of benzene rings is 2. The summed E-state index contributed by atoms with van der Waals surface area (Å²) >= 11 is 0. The van der Waals surface area contributed by atoms with E-state index in [2.05, 4.69) is 0 Å². The van der Waals surface area contributed by atoms with Crippen LogP contribution < -0.4 is 4.31 Å². The van der Waals surface area contributed by atoms with Gasteiger partial charge in [0.25, 0.3) is 10.0 Å². The van der Waals surface area contributed by atoms with Crippen LogP contribution in [0.25, 0.3) is 0 Å². The zero-order valence-corrected chi connectivity index (χ0v) is 14.1. The summed E-state index contributed by atoms with van der Waals surface area (Å²) in [5.74, 6) is 0. The molecule has 2 aromatic carbocycles. The zero-order chi connectivity index (χ0) is 17.1. The molecule has 0 saturated heterocycles. The van der Waals surface area contributed by atoms with E-state index >= 15 is 0 Å². The predicted molar refractivity (Wildman–Crippen MR) is 88.8 cm³/mol. The SMILES string of the molecule is CC(C)(C)OC(=O)N(c1ccccc1)S(=O)(=O)c1ccccc1. The highest BCUT2D eigenvalue weighted by Gasteiger charge is 2.34. The lowest BCUT2D eigenvalue weighted by atomic mass is 10.2. The number of sulfonamides is 1. The molecule has 5 nitrogen and oxygen atoms in total. The molecule has 0 aromatic heterocycles. The van der Waals surface area contributed by atoms with Crippen LogP contribution in [0, 0.1) is 0 Å². The number of carbonyl (C=O) groups is 1. The zero-order valence-electron chi connectivity index (χ0n) is 13.3. The molecule has 0 saturated carbocycles. The second-order valence-corrected chi connectivity index (χ2v) is 7.69. The van der Waals surface area contributed by atoms with E-state index < -0.39 is 21.7 Å². The Balaban J connectivity index is 2.53. The van der Waals surface area contributed by atoms with Gasteiger partial charge in [0.1, 0.15) is 5.60 Å². The largest absolute Gasteiger partial charge is 0.443 e. The maximum Gasteiger partial charge on any atom is 0.429 e. The van der Waals surface area contributed by atoms with E-state index in [1.165, 1.54) is 12.1 Å². The first-order valence-electron chi connectivity index (χ1n) is 7.10. The van der Waals surface area contributed by atoms with Gasteiger partial charge in [-0.05, 0) is 45.0 Å². The lowest BCUT2D eigenvalue weighted by molar-refractivity contribution is 0.0609. The minimum atomic E-state index is -4.07. The molecule has 2 rings (SSSR count). The van der Waals surface area contributed by atoms with Gasteiger partial charge in [0.05, 0.1) is 10.6 Å². The van der Waals surface area contributed by atoms with Crippen LogP contribution in [0.2, 0.25) is 0 Å². The molecule has 1 amide bonds. The van der Waals surface area contributed by atoms with E-state index in [0.29, 0.717) is 4.31 Å². The Morgan fingerprint density at radius 2 is 1.39 bits per heavy atom. The van der Waals surface area contributed by atoms with Crippen LogP contribution in [0.5, 0.6) is 0 Å². The standard InChI is InChI=1S/C17H19NO4S/c1-17(2,3)22-16(19)18(14-10-6-4-7-11-14)23(20,21)15-12-8-5-9-13-15/h4-13H,1-3H3. The van der Waals surface area contributed by atoms with Gasteiger partial charge < -0.3 is 4.74 Å². The second kappa shape index (κ2) is 6.42. The molecule has 0 bridgehead atoms. The van der Waals surface area contributed by atoms with Gasteiger partial charge in [-0.2, -0.15) is 4.31 Å². The third-order valence-electron chi connectivity index (χ3n) is 2.83. The maximum atomic E-state index is 12.9. The normalized spacial score (nSPS) is 11.8. The van der Waals surface area contributed by atoms with Gasteiger partial charge in [0, 0.05) is 0 Å². The molecule has 0 heterocycles. The van der Waals surface area contributed by atoms with Crippen LogP contribution >= 0.6 is 0 Å². The van der Waals surface area contributed by atoms with Crippen molar-refractivity contribution in [2.45, 2.75) is 31.3 Å². The van der Waals surface area contributed by atoms with Crippen molar-refractivity contribution in [3.05, 3.63) is 60.7 Å². The molecule has 122 valence electrons. The number of hydrogen-bond acceptors (Lipinski definition) is 4. The van der Waals surface area contributed by atoms with Gasteiger partial charge in [-0.25, -0.2) is 13.2 Å². The first-order chi connectivity index (χ1) is 10.7. The highest BCUT2D eigenvalue weighted by Crippen LogP contribution is 2.25. The molecule has 0 aliphatic heterocycles. The molecule has 0 fully saturated rings. The molecule has 0 unspecified atom stereocenters. The van der Waals surface area contributed by atoms with Gasteiger partial charge in [0.2, 0.25) is 0 Å². The van der Waals surface area contributed by atoms with Crippen molar-refractivity contribution in [1.82, 2.24) is 0 Å². The van der Waals surface area contributed by atoms with Gasteiger partial charge in [-0.3, -0.25) is 0 Å². The quantitative estimate of drug-likeness (QED) is 0.856. The average Bonchev–Trinajstić information content (AvgIpc) is 2.47. The van der Waals surface area contributed by atoms with Crippen molar-refractivity contribution in [2.24, 2.45) is 0 Å². The summed E-state index contributed by atoms with van der Waals surface area (Å²) in [6.07, 6.45) is -0.937. The van der Waals surface area contributed by atoms with Crippen molar-refractivity contribution >= 4 is 21.8 Å². The Morgan fingerprint density at radius 1 is 0.913 bits per heavy atom. The first-order valence-corrected chi connectivity index (χ1v) is 8.54. The summed E-state index contributed by atoms with van der Waals surface area (Å²) in [5, 5.41) is 0. The number of amides is 1. The van der Waals surface area contributed by atoms with Crippen LogP contribution in [0.1, 0.15) is 20.8 Å². The smallest absolute Gasteiger partial charge is 0.429 e. The fraction of sp³-hybridized carbons (Fsp3) is 0.235. The van der Waals surface area contributed by atoms with Crippen LogP contribution in [-0.4, -0.2) is 20.1 Å². The predicted octanol–water partition coefficient (Wildman–Crippen LogP) is 3.82. The molecule has 0 aliphatic carbocycles. The topological polar surface area (TPSA) is 63.7 Å². The van der Waals surface area contributed by atoms with E-state index in [4.69, 9.17) is 4.74 Å². The third kappa shape index (κ3) is 4.10. The Bertz CT molecular complexity index is 765. The lowest BCUT2D eigenvalue weighted by Gasteiger charge is -2.27. The van der Waals surface area contributed by atoms with E-state index in [0.717, 1.165) is 0 Å². The summed E-state index contributed by atoms with van der Waals surface area (Å²) in [6, 6.07) is 15.9. The Morgan fingerprint density at radius 3 is 1.87 bits per heavy atom. The van der Waals surface area contributed by atoms with Crippen molar-refractivity contribution in [3.8, 4) is 0 Å². The average molecular weight is 333 g/mol. The van der Waals surface area contributed by atoms with Crippen molar-refractivity contribution < 1.29 is 17.9 Å². The molecule has 2 aromatic rings. The summed E-state index contributed by atoms with van der Waals surface area (Å²) in [4.78, 5) is 12.5. The van der Waals surface area contributed by atoms with Gasteiger partial charge in [-0.15, -0.1) is 0 Å². The monoisotopic (exact) mass is 333 g/mol. The fourth-order valence-corrected chi connectivity index (χ4v) is 3.25. The Hall–Kier alpha value is -2.34. The summed E-state index contributed by atoms with van der Waals surface area (Å²) in [6.45, 7) is 5.05. The molecular formula is C17H19NO4S. The maximum absolute atomic E-state index is 12.9. The molecule has 23 heavy (non-hydrogen) atoms. The van der Waals surface area contributed by atoms with E-state index in [9.17, 15) is 13.2 Å². The van der Waals surface area contributed by atoms with E-state index in [1.54, 1.807) is 69.3 Å². The fourth-order valence-electron chi connectivity index (χ4n) is 1.91. The summed E-state index contributed by atoms with van der Waals surface area (Å²) < 4.78 is 31.7. The first kappa shape index (κ1) is 17.0. The van der Waals surface area contributed by atoms with Crippen LogP contribution in [-0.2, 0) is 14.8 Å². The third-order valence-corrected chi connectivity index (χ3v) is 4.54. The Kier molecular flexibility index (Phi) is 4.75. The highest BCUT2D eigenvalue weighted by atomic mass is 32.2. The molecule has 0 N–H and O–H groups in total. The molecule has 6 heteroatoms. The van der Waals surface area contributed by atoms with E-state index in [1.807, 2.05) is 0 Å². The summed E-state index contributed by atoms with van der Waals surface area (Å²) in [5.41, 5.74) is -0.582. The number of hydrogen-bond donors (Lipinski definition) is 0. The van der Waals surface area contributed by atoms with Crippen LogP contribution in [0.4, 0.5) is 10.5 Å². The van der Waals surface area contributed by atoms with E-state index in [-0.39, 0.29) is 10.6 Å². The number of ether oxygens (including phenoxy) is 1. The Labute approximate surface area is 136 Å². The lowest BCUT2D eigenvalue weighted by Crippen LogP contribution is -2.41. The number of anilines is 1. The number of nitrogens with zero attached hydrogens (tertiary/aromatic N) is 1. The minimum absolute atomic E-state index is 0.0229. The van der Waals surface area contributed by atoms with Crippen LogP contribution in [0.3, 0.4) is 0 Å². The highest BCUT2D eigenvalue weighted by molar-refractivity contribution is 7.93. The van der Waals surface area contributed by atoms with Crippen molar-refractivity contribution in [3.63, 3.8) is 0 Å². The molecular weight excluding hydrogens is 314 g/mol. The number of para-hydroxylation sites is 1. The minimum Gasteiger partial charge on any atom is -0.443 e. The number of carbonyl (C=O) groups excluding carboxylic acids is 1. The van der Waals surface area contributed by atoms with Gasteiger partial charge >= 0.3 is 6.09 Å². The van der Waals surface area contributed by atoms with Crippen LogP contribution in [0.15, 0.2) is 65.6 Å². The van der Waals surface area contributed by atoms with Crippen molar-refractivity contribution in [2.75, 3.05) is 4.31 Å². The molecule has 0 spiro atoms. The van der Waals surface area contributed by atoms with Gasteiger partial charge in [0.15, 0.2) is 0 Å². The second-order valence-electron chi connectivity index (χ2n) is 5.90. The van der Waals surface area contributed by atoms with Crippen molar-refractivity contribution in [1.29, 1.82) is 0 Å². The molecule has 0 radical (unpaired) electrons. The molecule has 0 aliphatic rings. The summed E-state index contributed by atoms with van der Waals surface area (Å²) in [7, 11) is -4.07. The number of rotatable bonds is 3. The van der Waals surface area contributed by atoms with Gasteiger partial charge in [-0.1, -0.05) is 36.4 Å².